The Morgan fingerprint density at radius 2 is 2.38 bits per heavy atom. The lowest BCUT2D eigenvalue weighted by molar-refractivity contribution is 0.456. The molecule has 0 saturated heterocycles. The van der Waals surface area contributed by atoms with E-state index in [0.717, 1.165) is 16.5 Å². The molecule has 3 nitrogen and oxygen atoms in total. The molecule has 2 N–H and O–H groups in total. The van der Waals surface area contributed by atoms with E-state index in [4.69, 9.17) is 10.3 Å². The van der Waals surface area contributed by atoms with Gasteiger partial charge in [0.15, 0.2) is 5.58 Å². The van der Waals surface area contributed by atoms with Gasteiger partial charge in [0.1, 0.15) is 0 Å². The summed E-state index contributed by atoms with van der Waals surface area (Å²) < 4.78 is 5.02. The minimum absolute atomic E-state index is 0.543. The minimum Gasteiger partial charge on any atom is -0.356 e. The van der Waals surface area contributed by atoms with Crippen LogP contribution >= 0.6 is 0 Å². The summed E-state index contributed by atoms with van der Waals surface area (Å²) in [5, 5.41) is 4.75. The molecule has 1 aromatic heterocycles. The zero-order valence-corrected chi connectivity index (χ0v) is 7.10. The summed E-state index contributed by atoms with van der Waals surface area (Å²) in [5.74, 6) is 0. The molecular weight excluding hydrogens is 164 g/mol. The van der Waals surface area contributed by atoms with Crippen LogP contribution in [0, 0.1) is 0 Å². The van der Waals surface area contributed by atoms with Gasteiger partial charge in [-0.1, -0.05) is 29.4 Å². The minimum atomic E-state index is 0.543. The molecule has 0 aliphatic heterocycles. The van der Waals surface area contributed by atoms with Gasteiger partial charge in [0.2, 0.25) is 0 Å². The van der Waals surface area contributed by atoms with Gasteiger partial charge in [-0.05, 0) is 11.6 Å². The summed E-state index contributed by atoms with van der Waals surface area (Å²) in [4.78, 5) is 0. The summed E-state index contributed by atoms with van der Waals surface area (Å²) in [6, 6.07) is 5.83. The van der Waals surface area contributed by atoms with Crippen LogP contribution in [-0.4, -0.2) is 11.7 Å². The molecule has 0 bridgehead atoms. The summed E-state index contributed by atoms with van der Waals surface area (Å²) in [6.45, 7) is 0.543. The molecule has 2 aromatic rings. The molecule has 3 heteroatoms. The smallest absolute Gasteiger partial charge is 0.167 e. The number of nitrogens with zero attached hydrogens (tertiary/aromatic N) is 1. The predicted octanol–water partition coefficient (Wildman–Crippen LogP) is 1.80. The number of aromatic nitrogens is 1. The Labute approximate surface area is 75.8 Å². The van der Waals surface area contributed by atoms with Crippen molar-refractivity contribution in [1.82, 2.24) is 5.16 Å². The molecule has 1 aromatic carbocycles. The van der Waals surface area contributed by atoms with E-state index in [1.807, 2.05) is 30.4 Å². The Hall–Kier alpha value is -1.61. The van der Waals surface area contributed by atoms with Crippen molar-refractivity contribution < 1.29 is 4.52 Å². The quantitative estimate of drug-likeness (QED) is 0.755. The van der Waals surface area contributed by atoms with Crippen molar-refractivity contribution in [3.05, 3.63) is 36.0 Å². The van der Waals surface area contributed by atoms with Gasteiger partial charge in [-0.2, -0.15) is 0 Å². The fraction of sp³-hybridized carbons (Fsp3) is 0.100. The highest BCUT2D eigenvalue weighted by atomic mass is 16.5. The number of benzene rings is 1. The number of hydrogen-bond donors (Lipinski definition) is 1. The molecule has 13 heavy (non-hydrogen) atoms. The SMILES string of the molecule is NC/C=C/c1cccc2oncc12. The Balaban J connectivity index is 2.54. The maximum atomic E-state index is 5.37. The van der Waals surface area contributed by atoms with E-state index in [1.54, 1.807) is 6.20 Å². The zero-order chi connectivity index (χ0) is 9.10. The van der Waals surface area contributed by atoms with Crippen molar-refractivity contribution in [2.24, 2.45) is 5.73 Å². The average Bonchev–Trinajstić information content (AvgIpc) is 2.62. The van der Waals surface area contributed by atoms with Gasteiger partial charge in [-0.25, -0.2) is 0 Å². The number of rotatable bonds is 2. The van der Waals surface area contributed by atoms with Gasteiger partial charge >= 0.3 is 0 Å². The van der Waals surface area contributed by atoms with Crippen molar-refractivity contribution in [2.45, 2.75) is 0 Å². The monoisotopic (exact) mass is 174 g/mol. The van der Waals surface area contributed by atoms with Gasteiger partial charge in [-0.3, -0.25) is 0 Å². The van der Waals surface area contributed by atoms with Crippen molar-refractivity contribution in [2.75, 3.05) is 6.54 Å². The molecule has 66 valence electrons. The van der Waals surface area contributed by atoms with E-state index in [0.29, 0.717) is 6.54 Å². The maximum Gasteiger partial charge on any atom is 0.167 e. The van der Waals surface area contributed by atoms with Crippen LogP contribution in [0.2, 0.25) is 0 Å². The first kappa shape index (κ1) is 8.01. The summed E-state index contributed by atoms with van der Waals surface area (Å²) >= 11 is 0. The van der Waals surface area contributed by atoms with E-state index in [2.05, 4.69) is 5.16 Å². The highest BCUT2D eigenvalue weighted by molar-refractivity contribution is 5.85. The topological polar surface area (TPSA) is 52.0 Å². The van der Waals surface area contributed by atoms with Crippen LogP contribution < -0.4 is 5.73 Å². The maximum absolute atomic E-state index is 5.37. The van der Waals surface area contributed by atoms with E-state index >= 15 is 0 Å². The van der Waals surface area contributed by atoms with E-state index in [1.165, 1.54) is 0 Å². The van der Waals surface area contributed by atoms with Gasteiger partial charge in [0.25, 0.3) is 0 Å². The number of fused-ring (bicyclic) bond motifs is 1. The molecule has 0 radical (unpaired) electrons. The van der Waals surface area contributed by atoms with Crippen molar-refractivity contribution in [1.29, 1.82) is 0 Å². The van der Waals surface area contributed by atoms with Gasteiger partial charge in [0.05, 0.1) is 6.20 Å². The fourth-order valence-corrected chi connectivity index (χ4v) is 1.25. The average molecular weight is 174 g/mol. The molecular formula is C10H10N2O. The Kier molecular flexibility index (Phi) is 2.10. The standard InChI is InChI=1S/C10H10N2O/c11-6-2-4-8-3-1-5-10-9(8)7-12-13-10/h1-5,7H,6,11H2/b4-2+. The van der Waals surface area contributed by atoms with Crippen LogP contribution in [0.25, 0.3) is 17.0 Å². The highest BCUT2D eigenvalue weighted by Gasteiger charge is 2.00. The van der Waals surface area contributed by atoms with Gasteiger partial charge < -0.3 is 10.3 Å². The van der Waals surface area contributed by atoms with Crippen LogP contribution in [0.3, 0.4) is 0 Å². The second kappa shape index (κ2) is 3.41. The van der Waals surface area contributed by atoms with Crippen LogP contribution in [0.15, 0.2) is 35.0 Å². The molecule has 1 heterocycles. The molecule has 0 unspecified atom stereocenters. The van der Waals surface area contributed by atoms with Crippen molar-refractivity contribution >= 4 is 17.0 Å². The van der Waals surface area contributed by atoms with Crippen molar-refractivity contribution in [3.8, 4) is 0 Å². The summed E-state index contributed by atoms with van der Waals surface area (Å²) in [5.41, 5.74) is 7.26. The molecule has 0 atom stereocenters. The fourth-order valence-electron chi connectivity index (χ4n) is 1.25. The van der Waals surface area contributed by atoms with Crippen molar-refractivity contribution in [3.63, 3.8) is 0 Å². The lowest BCUT2D eigenvalue weighted by Gasteiger charge is -1.92. The molecule has 0 saturated carbocycles. The number of hydrogen-bond acceptors (Lipinski definition) is 3. The third-order valence-electron chi connectivity index (χ3n) is 1.87. The molecule has 0 aliphatic carbocycles. The van der Waals surface area contributed by atoms with Crippen LogP contribution in [0.5, 0.6) is 0 Å². The lowest BCUT2D eigenvalue weighted by atomic mass is 10.1. The third-order valence-corrected chi connectivity index (χ3v) is 1.87. The van der Waals surface area contributed by atoms with E-state index < -0.39 is 0 Å². The summed E-state index contributed by atoms with van der Waals surface area (Å²) in [7, 11) is 0. The second-order valence-electron chi connectivity index (χ2n) is 2.72. The first-order valence-electron chi connectivity index (χ1n) is 4.12. The largest absolute Gasteiger partial charge is 0.356 e. The molecule has 0 aliphatic rings. The molecule has 2 rings (SSSR count). The Morgan fingerprint density at radius 3 is 3.23 bits per heavy atom. The first-order valence-corrected chi connectivity index (χ1v) is 4.12. The zero-order valence-electron chi connectivity index (χ0n) is 7.10. The predicted molar refractivity (Wildman–Crippen MR) is 52.1 cm³/mol. The van der Waals surface area contributed by atoms with Gasteiger partial charge in [-0.15, -0.1) is 0 Å². The Morgan fingerprint density at radius 1 is 1.46 bits per heavy atom. The number of nitrogens with two attached hydrogens (primary N) is 1. The van der Waals surface area contributed by atoms with Crippen LogP contribution in [0.4, 0.5) is 0 Å². The van der Waals surface area contributed by atoms with E-state index in [9.17, 15) is 0 Å². The first-order chi connectivity index (χ1) is 6.42. The van der Waals surface area contributed by atoms with E-state index in [-0.39, 0.29) is 0 Å². The Bertz CT molecular complexity index is 431. The molecule has 0 fully saturated rings. The van der Waals surface area contributed by atoms with Gasteiger partial charge in [0, 0.05) is 11.9 Å². The normalized spacial score (nSPS) is 11.5. The lowest BCUT2D eigenvalue weighted by Crippen LogP contribution is -1.91. The molecule has 0 spiro atoms. The second-order valence-corrected chi connectivity index (χ2v) is 2.72. The summed E-state index contributed by atoms with van der Waals surface area (Å²) in [6.07, 6.45) is 5.59. The highest BCUT2D eigenvalue weighted by Crippen LogP contribution is 2.18. The third kappa shape index (κ3) is 1.46. The van der Waals surface area contributed by atoms with Crippen LogP contribution in [-0.2, 0) is 0 Å². The molecule has 0 amide bonds. The van der Waals surface area contributed by atoms with Crippen LogP contribution in [0.1, 0.15) is 5.56 Å².